The molecule has 6 heterocycles. The standard InChI is InChI=1S/C38H33ClN4O6S2/c1-18-24-13-19(39)6-11-29(24)51-33(18)27-15-30(41(3)40-27)43-35(46)26-14-25-22(32(38(26,2)37(43)48)28-10-7-20(17-44)49-28)8-9-23-31(25)36(47)42(34(23)45)16-21-5-4-12-50-21/h4-8,10-13,15,23,25-26,31-32,44H,9,14,16-17H2,1-3H3. The van der Waals surface area contributed by atoms with Crippen LogP contribution < -0.4 is 4.90 Å². The van der Waals surface area contributed by atoms with Crippen molar-refractivity contribution in [3.05, 3.63) is 92.5 Å². The molecule has 1 aromatic carbocycles. The van der Waals surface area contributed by atoms with E-state index in [2.05, 4.69) is 0 Å². The summed E-state index contributed by atoms with van der Waals surface area (Å²) >= 11 is 9.37. The zero-order valence-corrected chi connectivity index (χ0v) is 30.3. The van der Waals surface area contributed by atoms with Crippen molar-refractivity contribution in [2.75, 3.05) is 4.90 Å². The highest BCUT2D eigenvalue weighted by atomic mass is 35.5. The molecule has 0 spiro atoms. The number of anilines is 1. The second kappa shape index (κ2) is 11.6. The van der Waals surface area contributed by atoms with Gasteiger partial charge in [-0.05, 0) is 85.3 Å². The van der Waals surface area contributed by atoms with Crippen molar-refractivity contribution in [3.63, 3.8) is 0 Å². The number of hydrogen-bond donors (Lipinski definition) is 1. The number of allylic oxidation sites excluding steroid dienone is 2. The van der Waals surface area contributed by atoms with Crippen LogP contribution in [0.15, 0.2) is 70.0 Å². The third-order valence-corrected chi connectivity index (χ3v) is 14.0. The highest BCUT2D eigenvalue weighted by Crippen LogP contribution is 2.64. The number of furan rings is 1. The molecular formula is C38H33ClN4O6S2. The van der Waals surface area contributed by atoms with Gasteiger partial charge >= 0.3 is 0 Å². The second-order valence-corrected chi connectivity index (χ2v) is 16.7. The van der Waals surface area contributed by atoms with Crippen LogP contribution in [0, 0.1) is 36.0 Å². The van der Waals surface area contributed by atoms with Crippen LogP contribution in [0.4, 0.5) is 5.82 Å². The van der Waals surface area contributed by atoms with Crippen LogP contribution >= 0.6 is 34.3 Å². The molecule has 2 saturated heterocycles. The number of carbonyl (C=O) groups excluding carboxylic acids is 4. The summed E-state index contributed by atoms with van der Waals surface area (Å²) < 4.78 is 8.77. The monoisotopic (exact) mass is 740 g/mol. The zero-order valence-electron chi connectivity index (χ0n) is 28.0. The molecule has 13 heteroatoms. The minimum Gasteiger partial charge on any atom is -0.463 e. The summed E-state index contributed by atoms with van der Waals surface area (Å²) in [5, 5.41) is 18.3. The van der Waals surface area contributed by atoms with Gasteiger partial charge in [0.1, 0.15) is 29.6 Å². The Morgan fingerprint density at radius 1 is 1.06 bits per heavy atom. The molecule has 6 unspecified atom stereocenters. The Labute approximate surface area is 305 Å². The van der Waals surface area contributed by atoms with Gasteiger partial charge in [-0.15, -0.1) is 22.7 Å². The first-order chi connectivity index (χ1) is 24.5. The van der Waals surface area contributed by atoms with E-state index in [1.165, 1.54) is 21.1 Å². The van der Waals surface area contributed by atoms with E-state index in [1.807, 2.05) is 55.6 Å². The average Bonchev–Trinajstić information content (AvgIpc) is 3.97. The zero-order chi connectivity index (χ0) is 35.5. The Morgan fingerprint density at radius 2 is 1.88 bits per heavy atom. The lowest BCUT2D eigenvalue weighted by molar-refractivity contribution is -0.141. The van der Waals surface area contributed by atoms with Crippen LogP contribution in [-0.2, 0) is 39.4 Å². The number of imide groups is 2. The topological polar surface area (TPSA) is 126 Å². The lowest BCUT2D eigenvalue weighted by Gasteiger charge is -2.48. The van der Waals surface area contributed by atoms with Crippen molar-refractivity contribution in [1.29, 1.82) is 0 Å². The molecule has 1 N–H and O–H groups in total. The van der Waals surface area contributed by atoms with Crippen molar-refractivity contribution in [1.82, 2.24) is 14.7 Å². The highest BCUT2D eigenvalue weighted by Gasteiger charge is 2.68. The summed E-state index contributed by atoms with van der Waals surface area (Å²) in [5.41, 5.74) is 1.21. The van der Waals surface area contributed by atoms with Gasteiger partial charge in [0.2, 0.25) is 23.6 Å². The average molecular weight is 741 g/mol. The first-order valence-electron chi connectivity index (χ1n) is 16.9. The molecule has 4 amide bonds. The summed E-state index contributed by atoms with van der Waals surface area (Å²) in [5.74, 6) is -3.20. The van der Waals surface area contributed by atoms with Gasteiger partial charge in [0.15, 0.2) is 0 Å². The SMILES string of the molecule is Cc1c(-c2cc(N3C(=O)C4CC5C(=CCC6C(=O)N(Cc7cccs7)C(=O)C65)C(c5ccc(CO)o5)C4(C)C3=O)n(C)n2)sc2ccc(Cl)cc12. The molecule has 2 aliphatic heterocycles. The van der Waals surface area contributed by atoms with Gasteiger partial charge in [-0.2, -0.15) is 5.10 Å². The van der Waals surface area contributed by atoms with Crippen LogP contribution in [-0.4, -0.2) is 43.4 Å². The Hall–Kier alpha value is -4.36. The van der Waals surface area contributed by atoms with Gasteiger partial charge in [0, 0.05) is 27.7 Å². The van der Waals surface area contributed by atoms with Crippen LogP contribution in [0.25, 0.3) is 20.7 Å². The van der Waals surface area contributed by atoms with Crippen molar-refractivity contribution < 1.29 is 28.7 Å². The first kappa shape index (κ1) is 32.5. The summed E-state index contributed by atoms with van der Waals surface area (Å²) in [6.07, 6.45) is 2.59. The first-order valence-corrected chi connectivity index (χ1v) is 19.0. The van der Waals surface area contributed by atoms with Crippen molar-refractivity contribution in [2.24, 2.45) is 36.1 Å². The van der Waals surface area contributed by atoms with Crippen LogP contribution in [0.1, 0.15) is 47.6 Å². The van der Waals surface area contributed by atoms with Gasteiger partial charge in [0.25, 0.3) is 0 Å². The number of likely N-dealkylation sites (tertiary alicyclic amines) is 1. The Balaban J connectivity index is 1.13. The number of amides is 4. The molecule has 10 nitrogen and oxygen atoms in total. The molecule has 9 rings (SSSR count). The Bertz CT molecular complexity index is 2340. The molecule has 3 fully saturated rings. The number of carbonyl (C=O) groups is 4. The molecule has 0 bridgehead atoms. The van der Waals surface area contributed by atoms with Crippen molar-refractivity contribution in [2.45, 2.75) is 45.8 Å². The van der Waals surface area contributed by atoms with Gasteiger partial charge in [-0.25, -0.2) is 4.90 Å². The number of aliphatic hydroxyl groups is 1. The number of nitrogens with zero attached hydrogens (tertiary/aromatic N) is 4. The Kier molecular flexibility index (Phi) is 7.39. The van der Waals surface area contributed by atoms with Crippen LogP contribution in [0.2, 0.25) is 5.02 Å². The normalized spacial score (nSPS) is 27.4. The fourth-order valence-corrected chi connectivity index (χ4v) is 11.2. The van der Waals surface area contributed by atoms with Crippen molar-refractivity contribution >= 4 is 73.8 Å². The van der Waals surface area contributed by atoms with E-state index in [4.69, 9.17) is 21.1 Å². The van der Waals surface area contributed by atoms with E-state index in [0.29, 0.717) is 34.5 Å². The van der Waals surface area contributed by atoms with E-state index in [9.17, 15) is 24.3 Å². The largest absolute Gasteiger partial charge is 0.463 e. The fourth-order valence-electron chi connectivity index (χ4n) is 9.16. The van der Waals surface area contributed by atoms with Crippen LogP contribution in [0.5, 0.6) is 0 Å². The molecule has 4 aromatic heterocycles. The minimum absolute atomic E-state index is 0.198. The predicted molar refractivity (Wildman–Crippen MR) is 193 cm³/mol. The fraction of sp³-hybridized carbons (Fsp3) is 0.342. The molecule has 0 radical (unpaired) electrons. The third-order valence-electron chi connectivity index (χ3n) is 11.6. The maximum absolute atomic E-state index is 14.9. The number of fused-ring (bicyclic) bond motifs is 5. The van der Waals surface area contributed by atoms with Gasteiger partial charge in [0.05, 0.1) is 40.5 Å². The molecule has 4 aliphatic rings. The molecule has 6 atom stereocenters. The highest BCUT2D eigenvalue weighted by molar-refractivity contribution is 7.22. The molecular weight excluding hydrogens is 708 g/mol. The third kappa shape index (κ3) is 4.59. The minimum atomic E-state index is -1.27. The maximum atomic E-state index is 14.9. The lowest BCUT2D eigenvalue weighted by Crippen LogP contribution is -2.48. The number of rotatable bonds is 6. The van der Waals surface area contributed by atoms with Gasteiger partial charge in [-0.3, -0.25) is 28.8 Å². The van der Waals surface area contributed by atoms with E-state index in [0.717, 1.165) is 31.0 Å². The number of aromatic nitrogens is 2. The summed E-state index contributed by atoms with van der Waals surface area (Å²) in [4.78, 5) is 62.0. The number of aryl methyl sites for hydroxylation is 2. The summed E-state index contributed by atoms with van der Waals surface area (Å²) in [7, 11) is 1.72. The molecule has 51 heavy (non-hydrogen) atoms. The van der Waals surface area contributed by atoms with E-state index in [1.54, 1.807) is 41.3 Å². The molecule has 5 aromatic rings. The predicted octanol–water partition coefficient (Wildman–Crippen LogP) is 6.84. The number of halogens is 1. The van der Waals surface area contributed by atoms with E-state index in [-0.39, 0.29) is 43.2 Å². The number of benzene rings is 1. The lowest BCUT2D eigenvalue weighted by atomic mass is 9.52. The van der Waals surface area contributed by atoms with Crippen molar-refractivity contribution in [3.8, 4) is 10.6 Å². The summed E-state index contributed by atoms with van der Waals surface area (Å²) in [6, 6.07) is 14.8. The Morgan fingerprint density at radius 3 is 2.63 bits per heavy atom. The number of aliphatic hydroxyl groups excluding tert-OH is 1. The second-order valence-electron chi connectivity index (χ2n) is 14.2. The van der Waals surface area contributed by atoms with Gasteiger partial charge < -0.3 is 9.52 Å². The quantitative estimate of drug-likeness (QED) is 0.149. The molecule has 1 saturated carbocycles. The van der Waals surface area contributed by atoms with E-state index < -0.39 is 35.0 Å². The van der Waals surface area contributed by atoms with E-state index >= 15 is 0 Å². The number of thiophene rings is 2. The number of hydrogen-bond acceptors (Lipinski definition) is 9. The maximum Gasteiger partial charge on any atom is 0.242 e. The van der Waals surface area contributed by atoms with Crippen LogP contribution in [0.3, 0.4) is 0 Å². The molecule has 260 valence electrons. The summed E-state index contributed by atoms with van der Waals surface area (Å²) in [6.45, 7) is 3.71. The molecule has 2 aliphatic carbocycles. The smallest absolute Gasteiger partial charge is 0.242 e. The van der Waals surface area contributed by atoms with Gasteiger partial charge in [-0.1, -0.05) is 29.3 Å².